The molecular formula is C19H18N2O. The van der Waals surface area contributed by atoms with Gasteiger partial charge in [0.25, 0.3) is 0 Å². The third-order valence-electron chi connectivity index (χ3n) is 3.31. The Morgan fingerprint density at radius 3 is 2.27 bits per heavy atom. The maximum atomic E-state index is 5.79. The Kier molecular flexibility index (Phi) is 4.35. The van der Waals surface area contributed by atoms with Crippen LogP contribution in [0.2, 0.25) is 0 Å². The molecule has 1 heterocycles. The highest BCUT2D eigenvalue weighted by atomic mass is 16.5. The fraction of sp³-hybridized carbons (Fsp3) is 0.105. The summed E-state index contributed by atoms with van der Waals surface area (Å²) in [7, 11) is 0. The molecule has 0 saturated carbocycles. The quantitative estimate of drug-likeness (QED) is 0.738. The Labute approximate surface area is 130 Å². The number of para-hydroxylation sites is 1. The number of anilines is 2. The Morgan fingerprint density at radius 1 is 0.909 bits per heavy atom. The molecule has 0 aliphatic heterocycles. The Bertz CT molecular complexity index is 727. The fourth-order valence-corrected chi connectivity index (χ4v) is 2.20. The second kappa shape index (κ2) is 6.76. The van der Waals surface area contributed by atoms with E-state index in [1.807, 2.05) is 73.7 Å². The lowest BCUT2D eigenvalue weighted by Gasteiger charge is -2.11. The predicted molar refractivity (Wildman–Crippen MR) is 89.5 cm³/mol. The highest BCUT2D eigenvalue weighted by Gasteiger charge is 2.04. The second-order valence-electron chi connectivity index (χ2n) is 5.11. The number of pyridine rings is 1. The number of aryl methyl sites for hydroxylation is 1. The van der Waals surface area contributed by atoms with Crippen molar-refractivity contribution in [2.45, 2.75) is 13.5 Å². The molecule has 2 aromatic carbocycles. The van der Waals surface area contributed by atoms with Gasteiger partial charge in [-0.1, -0.05) is 48.5 Å². The van der Waals surface area contributed by atoms with Gasteiger partial charge in [-0.3, -0.25) is 0 Å². The summed E-state index contributed by atoms with van der Waals surface area (Å²) in [4.78, 5) is 4.40. The molecule has 0 spiro atoms. The van der Waals surface area contributed by atoms with Gasteiger partial charge in [0.15, 0.2) is 0 Å². The van der Waals surface area contributed by atoms with Gasteiger partial charge in [0.05, 0.1) is 11.9 Å². The Morgan fingerprint density at radius 2 is 1.59 bits per heavy atom. The molecule has 0 aliphatic carbocycles. The average Bonchev–Trinajstić information content (AvgIpc) is 2.56. The first-order valence-corrected chi connectivity index (χ1v) is 7.27. The third kappa shape index (κ3) is 3.64. The van der Waals surface area contributed by atoms with E-state index in [2.05, 4.69) is 10.3 Å². The number of benzene rings is 2. The van der Waals surface area contributed by atoms with Gasteiger partial charge < -0.3 is 10.1 Å². The lowest BCUT2D eigenvalue weighted by Crippen LogP contribution is -2.00. The molecule has 0 atom stereocenters. The fourth-order valence-electron chi connectivity index (χ4n) is 2.20. The van der Waals surface area contributed by atoms with Crippen LogP contribution in [0.3, 0.4) is 0 Å². The molecule has 0 bridgehead atoms. The van der Waals surface area contributed by atoms with E-state index >= 15 is 0 Å². The van der Waals surface area contributed by atoms with Crippen molar-refractivity contribution in [3.05, 3.63) is 84.1 Å². The first-order valence-electron chi connectivity index (χ1n) is 7.27. The van der Waals surface area contributed by atoms with Crippen LogP contribution in [0.4, 0.5) is 11.4 Å². The number of aromatic nitrogens is 1. The summed E-state index contributed by atoms with van der Waals surface area (Å²) < 4.78 is 5.79. The molecular weight excluding hydrogens is 272 g/mol. The van der Waals surface area contributed by atoms with Gasteiger partial charge in [-0.05, 0) is 30.7 Å². The first-order chi connectivity index (χ1) is 10.8. The van der Waals surface area contributed by atoms with Crippen molar-refractivity contribution >= 4 is 11.4 Å². The molecule has 3 heteroatoms. The molecule has 3 nitrogen and oxygen atoms in total. The van der Waals surface area contributed by atoms with Crippen molar-refractivity contribution in [1.82, 2.24) is 4.98 Å². The summed E-state index contributed by atoms with van der Waals surface area (Å²) >= 11 is 0. The van der Waals surface area contributed by atoms with Crippen LogP contribution >= 0.6 is 0 Å². The highest BCUT2D eigenvalue weighted by Crippen LogP contribution is 2.22. The summed E-state index contributed by atoms with van der Waals surface area (Å²) in [6.45, 7) is 2.53. The topological polar surface area (TPSA) is 34.2 Å². The van der Waals surface area contributed by atoms with Gasteiger partial charge in [-0.2, -0.15) is 0 Å². The van der Waals surface area contributed by atoms with E-state index in [0.29, 0.717) is 12.5 Å². The molecule has 0 fully saturated rings. The van der Waals surface area contributed by atoms with Gasteiger partial charge >= 0.3 is 0 Å². The van der Waals surface area contributed by atoms with Crippen molar-refractivity contribution in [3.8, 4) is 5.88 Å². The molecule has 1 aromatic heterocycles. The summed E-state index contributed by atoms with van der Waals surface area (Å²) in [6, 6.07) is 22.2. The van der Waals surface area contributed by atoms with Crippen LogP contribution in [0.5, 0.6) is 5.88 Å². The van der Waals surface area contributed by atoms with Crippen molar-refractivity contribution in [2.24, 2.45) is 0 Å². The van der Waals surface area contributed by atoms with Gasteiger partial charge in [0.2, 0.25) is 5.88 Å². The maximum absolute atomic E-state index is 5.79. The van der Waals surface area contributed by atoms with Crippen LogP contribution in [-0.2, 0) is 6.61 Å². The zero-order valence-corrected chi connectivity index (χ0v) is 12.5. The Balaban J connectivity index is 1.67. The predicted octanol–water partition coefficient (Wildman–Crippen LogP) is 4.71. The molecule has 0 saturated heterocycles. The Hall–Kier alpha value is -2.81. The zero-order chi connectivity index (χ0) is 15.2. The molecule has 0 amide bonds. The van der Waals surface area contributed by atoms with Crippen molar-refractivity contribution in [2.75, 3.05) is 5.32 Å². The van der Waals surface area contributed by atoms with Gasteiger partial charge in [-0.25, -0.2) is 4.98 Å². The number of nitrogens with zero attached hydrogens (tertiary/aromatic N) is 1. The molecule has 0 unspecified atom stereocenters. The minimum Gasteiger partial charge on any atom is -0.473 e. The number of rotatable bonds is 5. The van der Waals surface area contributed by atoms with E-state index in [4.69, 9.17) is 4.74 Å². The summed E-state index contributed by atoms with van der Waals surface area (Å²) in [5.41, 5.74) is 4.14. The molecule has 0 aliphatic rings. The molecule has 0 radical (unpaired) electrons. The second-order valence-corrected chi connectivity index (χ2v) is 5.11. The summed E-state index contributed by atoms with van der Waals surface area (Å²) in [5, 5.41) is 3.33. The van der Waals surface area contributed by atoms with Gasteiger partial charge in [0.1, 0.15) is 6.61 Å². The van der Waals surface area contributed by atoms with Crippen LogP contribution in [0, 0.1) is 6.92 Å². The number of ether oxygens (including phenoxy) is 1. The molecule has 3 aromatic rings. The van der Waals surface area contributed by atoms with E-state index in [-0.39, 0.29) is 0 Å². The molecule has 3 rings (SSSR count). The molecule has 110 valence electrons. The lowest BCUT2D eigenvalue weighted by molar-refractivity contribution is 0.292. The third-order valence-corrected chi connectivity index (χ3v) is 3.31. The molecule has 22 heavy (non-hydrogen) atoms. The van der Waals surface area contributed by atoms with Crippen LogP contribution in [0.25, 0.3) is 0 Å². The van der Waals surface area contributed by atoms with E-state index < -0.39 is 0 Å². The number of nitrogens with one attached hydrogen (secondary N) is 1. The first kappa shape index (κ1) is 14.1. The van der Waals surface area contributed by atoms with Crippen molar-refractivity contribution < 1.29 is 4.74 Å². The van der Waals surface area contributed by atoms with Crippen molar-refractivity contribution in [3.63, 3.8) is 0 Å². The average molecular weight is 290 g/mol. The van der Waals surface area contributed by atoms with E-state index in [1.54, 1.807) is 6.20 Å². The van der Waals surface area contributed by atoms with Crippen molar-refractivity contribution in [1.29, 1.82) is 0 Å². The van der Waals surface area contributed by atoms with Crippen LogP contribution in [0.1, 0.15) is 11.1 Å². The summed E-state index contributed by atoms with van der Waals surface area (Å²) in [5.74, 6) is 0.669. The minimum atomic E-state index is 0.528. The number of hydrogen-bond acceptors (Lipinski definition) is 3. The SMILES string of the molecule is Cc1cc(Nc2ccccc2)cnc1OCc1ccccc1. The normalized spacial score (nSPS) is 10.2. The zero-order valence-electron chi connectivity index (χ0n) is 12.5. The standard InChI is InChI=1S/C19H18N2O/c1-15-12-18(21-17-10-6-3-7-11-17)13-20-19(15)22-14-16-8-4-2-5-9-16/h2-13,21H,14H2,1H3. The number of hydrogen-bond donors (Lipinski definition) is 1. The van der Waals surface area contributed by atoms with Crippen LogP contribution < -0.4 is 10.1 Å². The van der Waals surface area contributed by atoms with E-state index in [9.17, 15) is 0 Å². The summed E-state index contributed by atoms with van der Waals surface area (Å²) in [6.07, 6.45) is 1.79. The smallest absolute Gasteiger partial charge is 0.216 e. The van der Waals surface area contributed by atoms with Crippen LogP contribution in [0.15, 0.2) is 72.9 Å². The highest BCUT2D eigenvalue weighted by molar-refractivity contribution is 5.59. The largest absolute Gasteiger partial charge is 0.473 e. The monoisotopic (exact) mass is 290 g/mol. The van der Waals surface area contributed by atoms with Crippen LogP contribution in [-0.4, -0.2) is 4.98 Å². The maximum Gasteiger partial charge on any atom is 0.216 e. The molecule has 1 N–H and O–H groups in total. The minimum absolute atomic E-state index is 0.528. The lowest BCUT2D eigenvalue weighted by atomic mass is 10.2. The van der Waals surface area contributed by atoms with E-state index in [0.717, 1.165) is 22.5 Å². The van der Waals surface area contributed by atoms with Gasteiger partial charge in [0, 0.05) is 11.3 Å². The van der Waals surface area contributed by atoms with Gasteiger partial charge in [-0.15, -0.1) is 0 Å². The van der Waals surface area contributed by atoms with E-state index in [1.165, 1.54) is 0 Å².